The van der Waals surface area contributed by atoms with Crippen molar-refractivity contribution < 1.29 is 0 Å². The van der Waals surface area contributed by atoms with Gasteiger partial charge in [0.15, 0.2) is 0 Å². The minimum atomic E-state index is 0.757. The summed E-state index contributed by atoms with van der Waals surface area (Å²) in [5.41, 5.74) is 3.40. The van der Waals surface area contributed by atoms with Crippen molar-refractivity contribution in [2.24, 2.45) is 4.99 Å². The van der Waals surface area contributed by atoms with Gasteiger partial charge in [-0.05, 0) is 23.8 Å². The molecule has 2 heterocycles. The third kappa shape index (κ3) is 0.988. The molecule has 0 unspecified atom stereocenters. The lowest BCUT2D eigenvalue weighted by Gasteiger charge is -2.14. The molecule has 0 spiro atoms. The molecule has 1 aromatic carbocycles. The van der Waals surface area contributed by atoms with Crippen molar-refractivity contribution in [1.82, 2.24) is 4.98 Å². The van der Waals surface area contributed by atoms with Gasteiger partial charge in [-0.25, -0.2) is 0 Å². The van der Waals surface area contributed by atoms with E-state index in [9.17, 15) is 0 Å². The Labute approximate surface area is 81.5 Å². The second kappa shape index (κ2) is 2.80. The van der Waals surface area contributed by atoms with Crippen molar-refractivity contribution >= 4 is 22.9 Å². The average Bonchev–Trinajstić information content (AvgIpc) is 2.29. The first kappa shape index (κ1) is 7.50. The molecule has 0 aliphatic carbocycles. The van der Waals surface area contributed by atoms with Gasteiger partial charge in [-0.1, -0.05) is 6.07 Å². The molecule has 3 nitrogen and oxygen atoms in total. The molecule has 68 valence electrons. The topological polar surface area (TPSA) is 37.3 Å². The fourth-order valence-corrected chi connectivity index (χ4v) is 1.75. The summed E-state index contributed by atoms with van der Waals surface area (Å²) in [5.74, 6) is 0. The highest BCUT2D eigenvalue weighted by Crippen LogP contribution is 2.27. The van der Waals surface area contributed by atoms with Crippen molar-refractivity contribution in [3.63, 3.8) is 0 Å². The normalized spacial score (nSPS) is 13.7. The number of aliphatic imine (C=N–C) groups is 1. The maximum Gasteiger partial charge on any atom is 0.0872 e. The third-order valence-electron chi connectivity index (χ3n) is 2.43. The van der Waals surface area contributed by atoms with Crippen LogP contribution in [0.4, 0.5) is 5.69 Å². The molecule has 0 bridgehead atoms. The van der Waals surface area contributed by atoms with Crippen molar-refractivity contribution in [3.8, 4) is 0 Å². The summed E-state index contributed by atoms with van der Waals surface area (Å²) in [6, 6.07) is 8.15. The average molecular weight is 183 g/mol. The monoisotopic (exact) mass is 183 g/mol. The van der Waals surface area contributed by atoms with Crippen LogP contribution in [0, 0.1) is 0 Å². The van der Waals surface area contributed by atoms with Crippen LogP contribution in [-0.2, 0) is 6.54 Å². The molecule has 14 heavy (non-hydrogen) atoms. The summed E-state index contributed by atoms with van der Waals surface area (Å²) in [4.78, 5) is 8.47. The van der Waals surface area contributed by atoms with Gasteiger partial charge in [0.1, 0.15) is 0 Å². The van der Waals surface area contributed by atoms with E-state index in [2.05, 4.69) is 27.4 Å². The Morgan fingerprint density at radius 3 is 3.21 bits per heavy atom. The SMILES string of the molecule is C1=NCc2ccc3ncccc3c2N1. The van der Waals surface area contributed by atoms with Crippen LogP contribution in [0.15, 0.2) is 35.5 Å². The Balaban J connectivity index is 2.37. The minimum absolute atomic E-state index is 0.757. The van der Waals surface area contributed by atoms with E-state index < -0.39 is 0 Å². The Bertz CT molecular complexity index is 517. The molecule has 0 radical (unpaired) electrons. The molecular formula is C11H9N3. The fourth-order valence-electron chi connectivity index (χ4n) is 1.75. The number of rotatable bonds is 0. The van der Waals surface area contributed by atoms with Crippen LogP contribution in [-0.4, -0.2) is 11.3 Å². The van der Waals surface area contributed by atoms with Gasteiger partial charge in [0, 0.05) is 11.6 Å². The van der Waals surface area contributed by atoms with Gasteiger partial charge in [-0.3, -0.25) is 9.98 Å². The van der Waals surface area contributed by atoms with Crippen LogP contribution in [0.25, 0.3) is 10.9 Å². The molecule has 0 saturated heterocycles. The van der Waals surface area contributed by atoms with Crippen LogP contribution in [0.2, 0.25) is 0 Å². The zero-order chi connectivity index (χ0) is 9.38. The quantitative estimate of drug-likeness (QED) is 0.679. The smallest absolute Gasteiger partial charge is 0.0872 e. The van der Waals surface area contributed by atoms with E-state index in [1.165, 1.54) is 5.56 Å². The highest BCUT2D eigenvalue weighted by molar-refractivity contribution is 5.98. The second-order valence-corrected chi connectivity index (χ2v) is 3.28. The molecule has 3 rings (SSSR count). The Morgan fingerprint density at radius 2 is 2.21 bits per heavy atom. The maximum absolute atomic E-state index is 4.30. The highest BCUT2D eigenvalue weighted by atomic mass is 15.0. The summed E-state index contributed by atoms with van der Waals surface area (Å²) in [7, 11) is 0. The number of aromatic nitrogens is 1. The molecule has 1 aliphatic rings. The molecule has 0 amide bonds. The molecule has 0 atom stereocenters. The molecular weight excluding hydrogens is 174 g/mol. The molecule has 0 fully saturated rings. The fraction of sp³-hybridized carbons (Fsp3) is 0.0909. The lowest BCUT2D eigenvalue weighted by atomic mass is 10.1. The first-order valence-electron chi connectivity index (χ1n) is 4.56. The summed E-state index contributed by atoms with van der Waals surface area (Å²) in [6.07, 6.45) is 3.56. The van der Waals surface area contributed by atoms with Gasteiger partial charge in [0.05, 0.1) is 24.1 Å². The van der Waals surface area contributed by atoms with E-state index in [-0.39, 0.29) is 0 Å². The molecule has 1 aliphatic heterocycles. The number of nitrogens with one attached hydrogen (secondary N) is 1. The van der Waals surface area contributed by atoms with Crippen molar-refractivity contribution in [1.29, 1.82) is 0 Å². The van der Waals surface area contributed by atoms with Crippen molar-refractivity contribution in [3.05, 3.63) is 36.0 Å². The van der Waals surface area contributed by atoms with E-state index in [0.29, 0.717) is 0 Å². The first-order chi connectivity index (χ1) is 6.95. The van der Waals surface area contributed by atoms with E-state index in [4.69, 9.17) is 0 Å². The molecule has 2 aromatic rings. The predicted octanol–water partition coefficient (Wildman–Crippen LogP) is 2.19. The third-order valence-corrected chi connectivity index (χ3v) is 2.43. The zero-order valence-electron chi connectivity index (χ0n) is 7.57. The van der Waals surface area contributed by atoms with Gasteiger partial charge in [0.2, 0.25) is 0 Å². The first-order valence-corrected chi connectivity index (χ1v) is 4.56. The number of anilines is 1. The Hall–Kier alpha value is -1.90. The lowest BCUT2D eigenvalue weighted by Crippen LogP contribution is -2.05. The van der Waals surface area contributed by atoms with Crippen LogP contribution >= 0.6 is 0 Å². The van der Waals surface area contributed by atoms with Gasteiger partial charge in [0.25, 0.3) is 0 Å². The number of benzene rings is 1. The largest absolute Gasteiger partial charge is 0.346 e. The summed E-state index contributed by atoms with van der Waals surface area (Å²) in [6.45, 7) is 0.757. The van der Waals surface area contributed by atoms with E-state index in [1.807, 2.05) is 18.3 Å². The van der Waals surface area contributed by atoms with Gasteiger partial charge in [-0.2, -0.15) is 0 Å². The highest BCUT2D eigenvalue weighted by Gasteiger charge is 2.08. The van der Waals surface area contributed by atoms with Crippen molar-refractivity contribution in [2.75, 3.05) is 5.32 Å². The number of hydrogen-bond acceptors (Lipinski definition) is 3. The van der Waals surface area contributed by atoms with E-state index in [1.54, 1.807) is 6.34 Å². The molecule has 1 N–H and O–H groups in total. The summed E-state index contributed by atoms with van der Waals surface area (Å²) < 4.78 is 0. The Kier molecular flexibility index (Phi) is 1.50. The van der Waals surface area contributed by atoms with Crippen LogP contribution in [0.5, 0.6) is 0 Å². The lowest BCUT2D eigenvalue weighted by molar-refractivity contribution is 1.06. The second-order valence-electron chi connectivity index (χ2n) is 3.28. The number of pyridine rings is 1. The minimum Gasteiger partial charge on any atom is -0.346 e. The van der Waals surface area contributed by atoms with Gasteiger partial charge < -0.3 is 5.32 Å². The summed E-state index contributed by atoms with van der Waals surface area (Å²) in [5, 5.41) is 4.34. The number of fused-ring (bicyclic) bond motifs is 3. The van der Waals surface area contributed by atoms with Crippen LogP contribution in [0.3, 0.4) is 0 Å². The number of nitrogens with zero attached hydrogens (tertiary/aromatic N) is 2. The van der Waals surface area contributed by atoms with Crippen LogP contribution < -0.4 is 5.32 Å². The van der Waals surface area contributed by atoms with Crippen LogP contribution in [0.1, 0.15) is 5.56 Å². The van der Waals surface area contributed by atoms with E-state index >= 15 is 0 Å². The van der Waals surface area contributed by atoms with Gasteiger partial charge in [-0.15, -0.1) is 0 Å². The van der Waals surface area contributed by atoms with Gasteiger partial charge >= 0.3 is 0 Å². The van der Waals surface area contributed by atoms with E-state index in [0.717, 1.165) is 23.1 Å². The number of hydrogen-bond donors (Lipinski definition) is 1. The standard InChI is InChI=1S/C11H9N3/c1-2-9-10(13-5-1)4-3-8-6-12-7-14-11(8)9/h1-5,7H,6H2,(H,12,14). The Morgan fingerprint density at radius 1 is 1.21 bits per heavy atom. The molecule has 0 saturated carbocycles. The van der Waals surface area contributed by atoms with Crippen molar-refractivity contribution in [2.45, 2.75) is 6.54 Å². The zero-order valence-corrected chi connectivity index (χ0v) is 7.57. The maximum atomic E-state index is 4.30. The molecule has 3 heteroatoms. The summed E-state index contributed by atoms with van der Waals surface area (Å²) >= 11 is 0. The molecule has 1 aromatic heterocycles. The predicted molar refractivity (Wildman–Crippen MR) is 57.6 cm³/mol.